The van der Waals surface area contributed by atoms with E-state index in [1.54, 1.807) is 0 Å². The molecular formula is C15H22N2O2. The lowest BCUT2D eigenvalue weighted by Gasteiger charge is -2.38. The van der Waals surface area contributed by atoms with E-state index >= 15 is 0 Å². The van der Waals surface area contributed by atoms with Crippen molar-refractivity contribution in [1.82, 2.24) is 5.32 Å². The van der Waals surface area contributed by atoms with E-state index in [4.69, 9.17) is 0 Å². The van der Waals surface area contributed by atoms with Crippen LogP contribution in [0.3, 0.4) is 0 Å². The van der Waals surface area contributed by atoms with Gasteiger partial charge in [-0.25, -0.2) is 0 Å². The van der Waals surface area contributed by atoms with Crippen LogP contribution in [0.25, 0.3) is 0 Å². The lowest BCUT2D eigenvalue weighted by molar-refractivity contribution is -0.142. The molecule has 2 N–H and O–H groups in total. The average Bonchev–Trinajstić information content (AvgIpc) is 2.45. The van der Waals surface area contributed by atoms with Crippen molar-refractivity contribution in [2.45, 2.75) is 25.8 Å². The highest BCUT2D eigenvalue weighted by atomic mass is 16.4. The van der Waals surface area contributed by atoms with Crippen molar-refractivity contribution in [2.24, 2.45) is 5.92 Å². The van der Waals surface area contributed by atoms with Crippen LogP contribution in [0.15, 0.2) is 30.3 Å². The summed E-state index contributed by atoms with van der Waals surface area (Å²) in [6.07, 6.45) is 1.79. The number of piperidine rings is 1. The largest absolute Gasteiger partial charge is 0.481 e. The summed E-state index contributed by atoms with van der Waals surface area (Å²) in [4.78, 5) is 13.5. The SMILES string of the molecule is CCCNC1CC(C(=O)O)CN(c2ccccc2)C1. The number of anilines is 1. The van der Waals surface area contributed by atoms with Crippen molar-refractivity contribution in [2.75, 3.05) is 24.5 Å². The van der Waals surface area contributed by atoms with Gasteiger partial charge in [-0.2, -0.15) is 0 Å². The van der Waals surface area contributed by atoms with Gasteiger partial charge in [-0.05, 0) is 31.5 Å². The summed E-state index contributed by atoms with van der Waals surface area (Å²) in [5.74, 6) is -0.979. The summed E-state index contributed by atoms with van der Waals surface area (Å²) < 4.78 is 0. The van der Waals surface area contributed by atoms with Crippen molar-refractivity contribution in [3.63, 3.8) is 0 Å². The monoisotopic (exact) mass is 262 g/mol. The molecule has 2 atom stereocenters. The lowest BCUT2D eigenvalue weighted by atomic mass is 9.93. The van der Waals surface area contributed by atoms with Gasteiger partial charge in [0.25, 0.3) is 0 Å². The van der Waals surface area contributed by atoms with Gasteiger partial charge in [0.15, 0.2) is 0 Å². The van der Waals surface area contributed by atoms with Gasteiger partial charge in [0.2, 0.25) is 0 Å². The highest BCUT2D eigenvalue weighted by molar-refractivity contribution is 5.71. The fourth-order valence-electron chi connectivity index (χ4n) is 2.62. The number of nitrogens with one attached hydrogen (secondary N) is 1. The van der Waals surface area contributed by atoms with Crippen LogP contribution in [0, 0.1) is 5.92 Å². The van der Waals surface area contributed by atoms with E-state index in [9.17, 15) is 9.90 Å². The molecule has 4 heteroatoms. The third-order valence-electron chi connectivity index (χ3n) is 3.60. The van der Waals surface area contributed by atoms with Crippen LogP contribution in [0.4, 0.5) is 5.69 Å². The molecule has 1 aromatic carbocycles. The van der Waals surface area contributed by atoms with Gasteiger partial charge in [-0.3, -0.25) is 4.79 Å². The Labute approximate surface area is 114 Å². The molecule has 1 aliphatic rings. The zero-order valence-corrected chi connectivity index (χ0v) is 11.4. The van der Waals surface area contributed by atoms with Gasteiger partial charge in [0.05, 0.1) is 5.92 Å². The molecule has 0 bridgehead atoms. The molecule has 0 amide bonds. The second-order valence-corrected chi connectivity index (χ2v) is 5.16. The summed E-state index contributed by atoms with van der Waals surface area (Å²) >= 11 is 0. The maximum atomic E-state index is 11.3. The highest BCUT2D eigenvalue weighted by Gasteiger charge is 2.31. The Morgan fingerprint density at radius 1 is 1.37 bits per heavy atom. The molecule has 0 aromatic heterocycles. The fourth-order valence-corrected chi connectivity index (χ4v) is 2.62. The highest BCUT2D eigenvalue weighted by Crippen LogP contribution is 2.23. The first-order valence-corrected chi connectivity index (χ1v) is 6.97. The maximum Gasteiger partial charge on any atom is 0.308 e. The van der Waals surface area contributed by atoms with Crippen molar-refractivity contribution in [3.8, 4) is 0 Å². The van der Waals surface area contributed by atoms with E-state index in [1.165, 1.54) is 0 Å². The third-order valence-corrected chi connectivity index (χ3v) is 3.60. The number of carbonyl (C=O) groups is 1. The van der Waals surface area contributed by atoms with Crippen molar-refractivity contribution >= 4 is 11.7 Å². The van der Waals surface area contributed by atoms with E-state index in [0.29, 0.717) is 6.54 Å². The molecular weight excluding hydrogens is 240 g/mol. The maximum absolute atomic E-state index is 11.3. The zero-order chi connectivity index (χ0) is 13.7. The minimum absolute atomic E-state index is 0.259. The molecule has 0 radical (unpaired) electrons. The molecule has 1 saturated heterocycles. The normalized spacial score (nSPS) is 23.3. The summed E-state index contributed by atoms with van der Waals surface area (Å²) in [5, 5.41) is 12.7. The molecule has 19 heavy (non-hydrogen) atoms. The van der Waals surface area contributed by atoms with E-state index in [-0.39, 0.29) is 12.0 Å². The number of nitrogens with zero attached hydrogens (tertiary/aromatic N) is 1. The Bertz CT molecular complexity index is 408. The van der Waals surface area contributed by atoms with Crippen LogP contribution >= 0.6 is 0 Å². The van der Waals surface area contributed by atoms with Crippen LogP contribution in [-0.2, 0) is 4.79 Å². The number of aliphatic carboxylic acids is 1. The Balaban J connectivity index is 2.08. The number of rotatable bonds is 5. The Hall–Kier alpha value is -1.55. The molecule has 0 spiro atoms. The summed E-state index contributed by atoms with van der Waals surface area (Å²) in [6, 6.07) is 10.3. The van der Waals surface area contributed by atoms with Crippen LogP contribution in [0.2, 0.25) is 0 Å². The molecule has 2 rings (SSSR count). The van der Waals surface area contributed by atoms with Gasteiger partial charge < -0.3 is 15.3 Å². The minimum Gasteiger partial charge on any atom is -0.481 e. The van der Waals surface area contributed by atoms with Gasteiger partial charge >= 0.3 is 5.97 Å². The second kappa shape index (κ2) is 6.57. The second-order valence-electron chi connectivity index (χ2n) is 5.16. The first-order chi connectivity index (χ1) is 9.20. The molecule has 1 heterocycles. The summed E-state index contributed by atoms with van der Waals surface area (Å²) in [5.41, 5.74) is 1.11. The van der Waals surface area contributed by atoms with Crippen LogP contribution in [0.1, 0.15) is 19.8 Å². The Morgan fingerprint density at radius 2 is 2.11 bits per heavy atom. The standard InChI is InChI=1S/C15H22N2O2/c1-2-8-16-13-9-12(15(18)19)10-17(11-13)14-6-4-3-5-7-14/h3-7,12-13,16H,2,8-11H2,1H3,(H,18,19). The number of para-hydroxylation sites is 1. The molecule has 1 aliphatic heterocycles. The van der Waals surface area contributed by atoms with Crippen molar-refractivity contribution in [3.05, 3.63) is 30.3 Å². The Kier molecular flexibility index (Phi) is 4.80. The van der Waals surface area contributed by atoms with Gasteiger partial charge in [0, 0.05) is 24.8 Å². The van der Waals surface area contributed by atoms with Crippen molar-refractivity contribution in [1.29, 1.82) is 0 Å². The molecule has 0 aliphatic carbocycles. The summed E-state index contributed by atoms with van der Waals surface area (Å²) in [6.45, 7) is 4.55. The number of hydrogen-bond acceptors (Lipinski definition) is 3. The summed E-state index contributed by atoms with van der Waals surface area (Å²) in [7, 11) is 0. The topological polar surface area (TPSA) is 52.6 Å². The fraction of sp³-hybridized carbons (Fsp3) is 0.533. The lowest BCUT2D eigenvalue weighted by Crippen LogP contribution is -2.51. The van der Waals surface area contributed by atoms with E-state index in [2.05, 4.69) is 17.1 Å². The van der Waals surface area contributed by atoms with Gasteiger partial charge in [-0.15, -0.1) is 0 Å². The number of carboxylic acids is 1. The predicted molar refractivity (Wildman–Crippen MR) is 76.5 cm³/mol. The minimum atomic E-state index is -0.691. The number of carboxylic acid groups (broad SMARTS) is 1. The predicted octanol–water partition coefficient (Wildman–Crippen LogP) is 1.97. The molecule has 104 valence electrons. The van der Waals surface area contributed by atoms with E-state index in [0.717, 1.165) is 31.6 Å². The van der Waals surface area contributed by atoms with Gasteiger partial charge in [-0.1, -0.05) is 25.1 Å². The van der Waals surface area contributed by atoms with E-state index in [1.807, 2.05) is 30.3 Å². The van der Waals surface area contributed by atoms with Crippen LogP contribution in [-0.4, -0.2) is 36.8 Å². The average molecular weight is 262 g/mol. The smallest absolute Gasteiger partial charge is 0.308 e. The molecule has 2 unspecified atom stereocenters. The first kappa shape index (κ1) is 13.9. The van der Waals surface area contributed by atoms with Gasteiger partial charge in [0.1, 0.15) is 0 Å². The molecule has 4 nitrogen and oxygen atoms in total. The number of hydrogen-bond donors (Lipinski definition) is 2. The quantitative estimate of drug-likeness (QED) is 0.852. The van der Waals surface area contributed by atoms with E-state index < -0.39 is 5.97 Å². The molecule has 1 aromatic rings. The molecule has 0 saturated carbocycles. The van der Waals surface area contributed by atoms with Crippen molar-refractivity contribution < 1.29 is 9.90 Å². The third kappa shape index (κ3) is 3.70. The Morgan fingerprint density at radius 3 is 2.74 bits per heavy atom. The van der Waals surface area contributed by atoms with Crippen LogP contribution in [0.5, 0.6) is 0 Å². The van der Waals surface area contributed by atoms with Crippen LogP contribution < -0.4 is 10.2 Å². The number of benzene rings is 1. The first-order valence-electron chi connectivity index (χ1n) is 6.97. The molecule has 1 fully saturated rings. The zero-order valence-electron chi connectivity index (χ0n) is 11.4.